The molecule has 116 valence electrons. The molecule has 1 N–H and O–H groups in total. The maximum atomic E-state index is 12.0. The minimum Gasteiger partial charge on any atom is -0.455 e. The van der Waals surface area contributed by atoms with Crippen molar-refractivity contribution < 1.29 is 14.3 Å². The molecule has 2 bridgehead atoms. The van der Waals surface area contributed by atoms with Crippen molar-refractivity contribution in [2.75, 3.05) is 13.2 Å². The molecule has 0 spiro atoms. The molecule has 0 radical (unpaired) electrons. The molecule has 2 aliphatic carbocycles. The lowest BCUT2D eigenvalue weighted by Gasteiger charge is -2.16. The number of carbonyl (C=O) groups is 2. The van der Waals surface area contributed by atoms with Crippen molar-refractivity contribution in [2.45, 2.75) is 19.3 Å². The lowest BCUT2D eigenvalue weighted by Crippen LogP contribution is -2.32. The standard InChI is InChI=1S/C18H21NO3/c20-17(19-9-8-13-4-2-1-3-5-13)12-22-18(21)16-11-14-6-7-15(16)10-14/h1-7,14-16H,8-12H2,(H,19,20)/t14-,15+,16+/m1/s1. The van der Waals surface area contributed by atoms with Crippen LogP contribution in [0.2, 0.25) is 0 Å². The zero-order chi connectivity index (χ0) is 15.4. The Hall–Kier alpha value is -2.10. The van der Waals surface area contributed by atoms with Crippen LogP contribution in [-0.4, -0.2) is 25.0 Å². The van der Waals surface area contributed by atoms with Crippen molar-refractivity contribution in [2.24, 2.45) is 17.8 Å². The summed E-state index contributed by atoms with van der Waals surface area (Å²) in [5.74, 6) is 0.339. The van der Waals surface area contributed by atoms with Gasteiger partial charge in [0.15, 0.2) is 6.61 Å². The molecule has 0 heterocycles. The second-order valence-corrected chi connectivity index (χ2v) is 6.08. The van der Waals surface area contributed by atoms with Gasteiger partial charge in [0.05, 0.1) is 5.92 Å². The predicted molar refractivity (Wildman–Crippen MR) is 83.0 cm³/mol. The smallest absolute Gasteiger partial charge is 0.310 e. The second kappa shape index (κ2) is 6.77. The fourth-order valence-corrected chi connectivity index (χ4v) is 3.34. The van der Waals surface area contributed by atoms with Crippen LogP contribution in [0.3, 0.4) is 0 Å². The summed E-state index contributed by atoms with van der Waals surface area (Å²) in [5, 5.41) is 2.78. The molecule has 0 saturated heterocycles. The molecule has 4 nitrogen and oxygen atoms in total. The molecule has 3 rings (SSSR count). The number of nitrogens with one attached hydrogen (secondary N) is 1. The topological polar surface area (TPSA) is 55.4 Å². The van der Waals surface area contributed by atoms with Crippen LogP contribution >= 0.6 is 0 Å². The van der Waals surface area contributed by atoms with E-state index in [0.717, 1.165) is 19.3 Å². The SMILES string of the molecule is O=C(COC(=O)[C@H]1C[C@@H]2C=C[C@H]1C2)NCCc1ccccc1. The van der Waals surface area contributed by atoms with Crippen LogP contribution in [0.5, 0.6) is 0 Å². The number of fused-ring (bicyclic) bond motifs is 2. The van der Waals surface area contributed by atoms with Crippen molar-refractivity contribution in [3.05, 3.63) is 48.0 Å². The number of rotatable bonds is 6. The number of esters is 1. The van der Waals surface area contributed by atoms with E-state index in [9.17, 15) is 9.59 Å². The van der Waals surface area contributed by atoms with Crippen molar-refractivity contribution in [3.8, 4) is 0 Å². The van der Waals surface area contributed by atoms with Gasteiger partial charge in [-0.05, 0) is 36.7 Å². The first kappa shape index (κ1) is 14.8. The Labute approximate surface area is 130 Å². The number of carbonyl (C=O) groups excluding carboxylic acids is 2. The van der Waals surface area contributed by atoms with E-state index >= 15 is 0 Å². The average molecular weight is 299 g/mol. The number of ether oxygens (including phenoxy) is 1. The van der Waals surface area contributed by atoms with Gasteiger partial charge in [-0.2, -0.15) is 0 Å². The molecule has 0 unspecified atom stereocenters. The lowest BCUT2D eigenvalue weighted by molar-refractivity contribution is -0.153. The molecule has 0 aliphatic heterocycles. The Kier molecular flexibility index (Phi) is 4.56. The summed E-state index contributed by atoms with van der Waals surface area (Å²) in [7, 11) is 0. The van der Waals surface area contributed by atoms with E-state index in [0.29, 0.717) is 18.4 Å². The van der Waals surface area contributed by atoms with Gasteiger partial charge in [0.1, 0.15) is 0 Å². The van der Waals surface area contributed by atoms with Crippen molar-refractivity contribution in [1.82, 2.24) is 5.32 Å². The molecule has 3 atom stereocenters. The monoisotopic (exact) mass is 299 g/mol. The summed E-state index contributed by atoms with van der Waals surface area (Å²) in [4.78, 5) is 23.7. The Morgan fingerprint density at radius 2 is 1.95 bits per heavy atom. The van der Waals surface area contributed by atoms with E-state index < -0.39 is 0 Å². The molecule has 22 heavy (non-hydrogen) atoms. The first-order chi connectivity index (χ1) is 10.7. The zero-order valence-electron chi connectivity index (χ0n) is 12.5. The molecule has 1 aromatic carbocycles. The van der Waals surface area contributed by atoms with Gasteiger partial charge in [0.2, 0.25) is 0 Å². The normalized spacial score (nSPS) is 25.2. The third-order valence-corrected chi connectivity index (χ3v) is 4.51. The first-order valence-corrected chi connectivity index (χ1v) is 7.88. The number of allylic oxidation sites excluding steroid dienone is 2. The minimum atomic E-state index is -0.233. The largest absolute Gasteiger partial charge is 0.455 e. The highest BCUT2D eigenvalue weighted by Crippen LogP contribution is 2.43. The Bertz CT molecular complexity index is 567. The van der Waals surface area contributed by atoms with Crippen LogP contribution in [0.25, 0.3) is 0 Å². The molecular weight excluding hydrogens is 278 g/mol. The van der Waals surface area contributed by atoms with Crippen LogP contribution < -0.4 is 5.32 Å². The highest BCUT2D eigenvalue weighted by molar-refractivity contribution is 5.81. The molecule has 2 aliphatic rings. The van der Waals surface area contributed by atoms with Crippen molar-refractivity contribution in [3.63, 3.8) is 0 Å². The summed E-state index contributed by atoms with van der Waals surface area (Å²) in [6.07, 6.45) is 7.00. The maximum absolute atomic E-state index is 12.0. The van der Waals surface area contributed by atoms with E-state index in [1.807, 2.05) is 30.3 Å². The quantitative estimate of drug-likeness (QED) is 0.646. The van der Waals surface area contributed by atoms with E-state index in [1.165, 1.54) is 5.56 Å². The van der Waals surface area contributed by atoms with Gasteiger partial charge in [-0.1, -0.05) is 42.5 Å². The van der Waals surface area contributed by atoms with Gasteiger partial charge in [-0.25, -0.2) is 0 Å². The third kappa shape index (κ3) is 3.56. The highest BCUT2D eigenvalue weighted by atomic mass is 16.5. The van der Waals surface area contributed by atoms with Gasteiger partial charge < -0.3 is 10.1 Å². The first-order valence-electron chi connectivity index (χ1n) is 7.88. The lowest BCUT2D eigenvalue weighted by atomic mass is 9.94. The summed E-state index contributed by atoms with van der Waals surface area (Å²) in [5.41, 5.74) is 1.17. The zero-order valence-corrected chi connectivity index (χ0v) is 12.5. The molecule has 1 saturated carbocycles. The van der Waals surface area contributed by atoms with Crippen LogP contribution in [0.15, 0.2) is 42.5 Å². The number of benzene rings is 1. The number of hydrogen-bond acceptors (Lipinski definition) is 3. The Balaban J connectivity index is 1.34. The summed E-state index contributed by atoms with van der Waals surface area (Å²) in [6, 6.07) is 9.96. The van der Waals surface area contributed by atoms with Gasteiger partial charge in [0, 0.05) is 6.54 Å². The number of amides is 1. The summed E-state index contributed by atoms with van der Waals surface area (Å²) >= 11 is 0. The average Bonchev–Trinajstić information content (AvgIpc) is 3.17. The van der Waals surface area contributed by atoms with E-state index in [1.54, 1.807) is 0 Å². The summed E-state index contributed by atoms with van der Waals surface area (Å²) < 4.78 is 5.16. The third-order valence-electron chi connectivity index (χ3n) is 4.51. The van der Waals surface area contributed by atoms with Crippen molar-refractivity contribution in [1.29, 1.82) is 0 Å². The predicted octanol–water partition coefficient (Wildman–Crippen LogP) is 2.10. The van der Waals surface area contributed by atoms with E-state index in [-0.39, 0.29) is 24.4 Å². The molecule has 4 heteroatoms. The van der Waals surface area contributed by atoms with Crippen LogP contribution in [0, 0.1) is 17.8 Å². The van der Waals surface area contributed by atoms with E-state index in [4.69, 9.17) is 4.74 Å². The Morgan fingerprint density at radius 1 is 1.14 bits per heavy atom. The molecule has 0 aromatic heterocycles. The minimum absolute atomic E-state index is 0.0490. The van der Waals surface area contributed by atoms with Crippen LogP contribution in [0.1, 0.15) is 18.4 Å². The fourth-order valence-electron chi connectivity index (χ4n) is 3.34. The highest BCUT2D eigenvalue weighted by Gasteiger charge is 2.40. The van der Waals surface area contributed by atoms with Gasteiger partial charge in [0.25, 0.3) is 5.91 Å². The van der Waals surface area contributed by atoms with Gasteiger partial charge in [-0.3, -0.25) is 9.59 Å². The summed E-state index contributed by atoms with van der Waals surface area (Å²) in [6.45, 7) is 0.377. The second-order valence-electron chi connectivity index (χ2n) is 6.08. The van der Waals surface area contributed by atoms with E-state index in [2.05, 4.69) is 17.5 Å². The fraction of sp³-hybridized carbons (Fsp3) is 0.444. The molecule has 1 aromatic rings. The number of hydrogen-bond donors (Lipinski definition) is 1. The van der Waals surface area contributed by atoms with Crippen LogP contribution in [-0.2, 0) is 20.7 Å². The van der Waals surface area contributed by atoms with Gasteiger partial charge >= 0.3 is 5.97 Å². The van der Waals surface area contributed by atoms with Gasteiger partial charge in [-0.15, -0.1) is 0 Å². The molecule has 1 amide bonds. The Morgan fingerprint density at radius 3 is 2.64 bits per heavy atom. The van der Waals surface area contributed by atoms with Crippen molar-refractivity contribution >= 4 is 11.9 Å². The molecule has 1 fully saturated rings. The van der Waals surface area contributed by atoms with Crippen LogP contribution in [0.4, 0.5) is 0 Å². The molecular formula is C18H21NO3. The maximum Gasteiger partial charge on any atom is 0.310 e.